The molecule has 1 aliphatic rings. The van der Waals surface area contributed by atoms with E-state index in [1.54, 1.807) is 24.2 Å². The Balaban J connectivity index is 1.88. The Labute approximate surface area is 135 Å². The Morgan fingerprint density at radius 1 is 1.48 bits per heavy atom. The second-order valence-corrected chi connectivity index (χ2v) is 5.79. The van der Waals surface area contributed by atoms with Gasteiger partial charge in [-0.15, -0.1) is 0 Å². The fraction of sp³-hybridized carbons (Fsp3) is 0.500. The van der Waals surface area contributed by atoms with Crippen LogP contribution < -0.4 is 5.32 Å². The van der Waals surface area contributed by atoms with Crippen molar-refractivity contribution in [3.63, 3.8) is 0 Å². The summed E-state index contributed by atoms with van der Waals surface area (Å²) in [5, 5.41) is 2.67. The molecule has 0 spiro atoms. The van der Waals surface area contributed by atoms with Gasteiger partial charge in [0, 0.05) is 32.8 Å². The Hall–Kier alpha value is -2.44. The SMILES string of the molecule is CCN1C[C@H](C(=O)N(C)CC(=O)Nc2cc(C)ccn2)CC1=O. The van der Waals surface area contributed by atoms with E-state index in [1.807, 2.05) is 19.9 Å². The van der Waals surface area contributed by atoms with Crippen LogP contribution in [0.1, 0.15) is 18.9 Å². The van der Waals surface area contributed by atoms with Crippen molar-refractivity contribution in [3.05, 3.63) is 23.9 Å². The van der Waals surface area contributed by atoms with Crippen molar-refractivity contribution in [2.45, 2.75) is 20.3 Å². The first-order chi connectivity index (χ1) is 10.9. The molecular formula is C16H22N4O3. The zero-order valence-corrected chi connectivity index (χ0v) is 13.7. The van der Waals surface area contributed by atoms with E-state index in [-0.39, 0.29) is 36.6 Å². The molecule has 0 aromatic carbocycles. The van der Waals surface area contributed by atoms with E-state index in [1.165, 1.54) is 4.90 Å². The zero-order valence-electron chi connectivity index (χ0n) is 13.7. The van der Waals surface area contributed by atoms with Crippen molar-refractivity contribution in [1.82, 2.24) is 14.8 Å². The summed E-state index contributed by atoms with van der Waals surface area (Å²) >= 11 is 0. The van der Waals surface area contributed by atoms with Crippen LogP contribution in [0.15, 0.2) is 18.3 Å². The summed E-state index contributed by atoms with van der Waals surface area (Å²) in [7, 11) is 1.57. The van der Waals surface area contributed by atoms with Gasteiger partial charge in [-0.1, -0.05) is 0 Å². The minimum Gasteiger partial charge on any atom is -0.342 e. The molecular weight excluding hydrogens is 296 g/mol. The minimum atomic E-state index is -0.364. The Bertz CT molecular complexity index is 617. The van der Waals surface area contributed by atoms with E-state index >= 15 is 0 Å². The molecule has 3 amide bonds. The van der Waals surface area contributed by atoms with Crippen molar-refractivity contribution in [1.29, 1.82) is 0 Å². The van der Waals surface area contributed by atoms with Crippen LogP contribution in [-0.2, 0) is 14.4 Å². The first kappa shape index (κ1) is 16.9. The molecule has 0 bridgehead atoms. The van der Waals surface area contributed by atoms with Gasteiger partial charge in [0.05, 0.1) is 12.5 Å². The number of nitrogens with one attached hydrogen (secondary N) is 1. The van der Waals surface area contributed by atoms with Gasteiger partial charge >= 0.3 is 0 Å². The van der Waals surface area contributed by atoms with Gasteiger partial charge in [0.15, 0.2) is 0 Å². The maximum atomic E-state index is 12.3. The number of aromatic nitrogens is 1. The number of anilines is 1. The molecule has 7 heteroatoms. The van der Waals surface area contributed by atoms with Gasteiger partial charge in [-0.2, -0.15) is 0 Å². The number of carbonyl (C=O) groups excluding carboxylic acids is 3. The molecule has 7 nitrogen and oxygen atoms in total. The third kappa shape index (κ3) is 4.28. The average molecular weight is 318 g/mol. The van der Waals surface area contributed by atoms with E-state index in [2.05, 4.69) is 10.3 Å². The number of amides is 3. The van der Waals surface area contributed by atoms with Gasteiger partial charge in [0.25, 0.3) is 0 Å². The van der Waals surface area contributed by atoms with Crippen molar-refractivity contribution < 1.29 is 14.4 Å². The Kier molecular flexibility index (Phi) is 5.31. The maximum absolute atomic E-state index is 12.3. The Morgan fingerprint density at radius 2 is 2.22 bits per heavy atom. The number of carbonyl (C=O) groups is 3. The topological polar surface area (TPSA) is 82.6 Å². The third-order valence-corrected chi connectivity index (χ3v) is 3.89. The quantitative estimate of drug-likeness (QED) is 0.864. The molecule has 1 aromatic heterocycles. The lowest BCUT2D eigenvalue weighted by Crippen LogP contribution is -2.39. The number of hydrogen-bond donors (Lipinski definition) is 1. The summed E-state index contributed by atoms with van der Waals surface area (Å²) in [4.78, 5) is 43.1. The van der Waals surface area contributed by atoms with Gasteiger partial charge in [-0.3, -0.25) is 14.4 Å². The summed E-state index contributed by atoms with van der Waals surface area (Å²) in [6.07, 6.45) is 1.83. The Morgan fingerprint density at radius 3 is 2.83 bits per heavy atom. The van der Waals surface area contributed by atoms with Gasteiger partial charge in [-0.05, 0) is 31.5 Å². The second kappa shape index (κ2) is 7.21. The molecule has 1 N–H and O–H groups in total. The maximum Gasteiger partial charge on any atom is 0.245 e. The van der Waals surface area contributed by atoms with E-state index in [0.717, 1.165) is 5.56 Å². The molecule has 1 atom stereocenters. The van der Waals surface area contributed by atoms with Crippen LogP contribution in [0.2, 0.25) is 0 Å². The number of likely N-dealkylation sites (N-methyl/N-ethyl adjacent to an activating group) is 1. The largest absolute Gasteiger partial charge is 0.342 e. The molecule has 2 heterocycles. The average Bonchev–Trinajstić information content (AvgIpc) is 2.87. The van der Waals surface area contributed by atoms with Crippen molar-refractivity contribution in [2.24, 2.45) is 5.92 Å². The van der Waals surface area contributed by atoms with Crippen molar-refractivity contribution in [3.8, 4) is 0 Å². The minimum absolute atomic E-state index is 0.00679. The smallest absolute Gasteiger partial charge is 0.245 e. The number of aryl methyl sites for hydroxylation is 1. The molecule has 1 aromatic rings. The van der Waals surface area contributed by atoms with Gasteiger partial charge < -0.3 is 15.1 Å². The molecule has 0 unspecified atom stereocenters. The van der Waals surface area contributed by atoms with E-state index in [0.29, 0.717) is 18.9 Å². The predicted molar refractivity (Wildman–Crippen MR) is 85.6 cm³/mol. The highest BCUT2D eigenvalue weighted by Crippen LogP contribution is 2.19. The summed E-state index contributed by atoms with van der Waals surface area (Å²) in [6.45, 7) is 4.76. The monoisotopic (exact) mass is 318 g/mol. The second-order valence-electron chi connectivity index (χ2n) is 5.79. The first-order valence-corrected chi connectivity index (χ1v) is 7.66. The van der Waals surface area contributed by atoms with Gasteiger partial charge in [-0.25, -0.2) is 4.98 Å². The lowest BCUT2D eigenvalue weighted by molar-refractivity contribution is -0.137. The lowest BCUT2D eigenvalue weighted by Gasteiger charge is -2.20. The lowest BCUT2D eigenvalue weighted by atomic mass is 10.1. The van der Waals surface area contributed by atoms with Crippen LogP contribution in [0.5, 0.6) is 0 Å². The molecule has 0 aliphatic carbocycles. The third-order valence-electron chi connectivity index (χ3n) is 3.89. The van der Waals surface area contributed by atoms with Crippen LogP contribution in [0.4, 0.5) is 5.82 Å². The first-order valence-electron chi connectivity index (χ1n) is 7.66. The summed E-state index contributed by atoms with van der Waals surface area (Å²) in [6, 6.07) is 3.59. The fourth-order valence-electron chi connectivity index (χ4n) is 2.64. The summed E-state index contributed by atoms with van der Waals surface area (Å²) in [5.41, 5.74) is 0.990. The van der Waals surface area contributed by atoms with Crippen LogP contribution in [0.25, 0.3) is 0 Å². The standard InChI is InChI=1S/C16H22N4O3/c1-4-20-9-12(8-15(20)22)16(23)19(3)10-14(21)18-13-7-11(2)5-6-17-13/h5-7,12H,4,8-10H2,1-3H3,(H,17,18,21)/t12-/m1/s1. The zero-order chi connectivity index (χ0) is 17.0. The van der Waals surface area contributed by atoms with E-state index in [4.69, 9.17) is 0 Å². The highest BCUT2D eigenvalue weighted by molar-refractivity contribution is 5.95. The molecule has 23 heavy (non-hydrogen) atoms. The van der Waals surface area contributed by atoms with E-state index in [9.17, 15) is 14.4 Å². The van der Waals surface area contributed by atoms with Crippen LogP contribution in [0, 0.1) is 12.8 Å². The van der Waals surface area contributed by atoms with Crippen molar-refractivity contribution >= 4 is 23.5 Å². The van der Waals surface area contributed by atoms with Crippen molar-refractivity contribution in [2.75, 3.05) is 32.0 Å². The number of rotatable bonds is 5. The summed E-state index contributed by atoms with van der Waals surface area (Å²) in [5.74, 6) is -0.397. The van der Waals surface area contributed by atoms with Gasteiger partial charge in [0.1, 0.15) is 5.82 Å². The number of likely N-dealkylation sites (tertiary alicyclic amines) is 1. The highest BCUT2D eigenvalue weighted by Gasteiger charge is 2.35. The highest BCUT2D eigenvalue weighted by atomic mass is 16.2. The summed E-state index contributed by atoms with van der Waals surface area (Å²) < 4.78 is 0. The molecule has 0 radical (unpaired) electrons. The van der Waals surface area contributed by atoms with Gasteiger partial charge in [0.2, 0.25) is 17.7 Å². The molecule has 1 saturated heterocycles. The van der Waals surface area contributed by atoms with E-state index < -0.39 is 0 Å². The number of pyridine rings is 1. The molecule has 2 rings (SSSR count). The van der Waals surface area contributed by atoms with Crippen LogP contribution in [-0.4, -0.2) is 59.2 Å². The number of hydrogen-bond acceptors (Lipinski definition) is 4. The molecule has 0 saturated carbocycles. The van der Waals surface area contributed by atoms with Crippen LogP contribution in [0.3, 0.4) is 0 Å². The van der Waals surface area contributed by atoms with Crippen LogP contribution >= 0.6 is 0 Å². The normalized spacial score (nSPS) is 17.3. The molecule has 1 aliphatic heterocycles. The molecule has 1 fully saturated rings. The molecule has 124 valence electrons. The number of nitrogens with zero attached hydrogens (tertiary/aromatic N) is 3. The predicted octanol–water partition coefficient (Wildman–Crippen LogP) is 0.655. The fourth-order valence-corrected chi connectivity index (χ4v) is 2.64.